The molecule has 1 amide bonds. The highest BCUT2D eigenvalue weighted by Gasteiger charge is 2.03. The molecule has 0 heterocycles. The molecule has 0 saturated carbocycles. The van der Waals surface area contributed by atoms with Crippen LogP contribution < -0.4 is 15.1 Å². The Morgan fingerprint density at radius 2 is 1.78 bits per heavy atom. The maximum absolute atomic E-state index is 11.9. The Kier molecular flexibility index (Phi) is 6.08. The zero-order valence-corrected chi connectivity index (χ0v) is 16.7. The minimum absolute atomic E-state index is 0.0983. The molecule has 27 heavy (non-hydrogen) atoms. The van der Waals surface area contributed by atoms with Crippen molar-refractivity contribution in [3.8, 4) is 5.75 Å². The summed E-state index contributed by atoms with van der Waals surface area (Å²) in [5.74, 6) is 0.329. The SMILES string of the molecule is CN(C)c1ccc(/C=N/NC(=O)COc2ccc3cc(Br)ccc3c2)cc1. The summed E-state index contributed by atoms with van der Waals surface area (Å²) in [5.41, 5.74) is 4.48. The second-order valence-corrected chi connectivity index (χ2v) is 7.14. The van der Waals surface area contributed by atoms with Crippen LogP contribution in [0, 0.1) is 0 Å². The molecule has 138 valence electrons. The molecule has 3 aromatic carbocycles. The largest absolute Gasteiger partial charge is 0.484 e. The summed E-state index contributed by atoms with van der Waals surface area (Å²) < 4.78 is 6.57. The Labute approximate surface area is 166 Å². The third kappa shape index (κ3) is 5.31. The first-order valence-corrected chi connectivity index (χ1v) is 9.22. The molecule has 5 nitrogen and oxygen atoms in total. The number of anilines is 1. The van der Waals surface area contributed by atoms with E-state index in [-0.39, 0.29) is 12.5 Å². The van der Waals surface area contributed by atoms with E-state index >= 15 is 0 Å². The predicted molar refractivity (Wildman–Crippen MR) is 114 cm³/mol. The van der Waals surface area contributed by atoms with Crippen molar-refractivity contribution in [2.45, 2.75) is 0 Å². The average molecular weight is 426 g/mol. The molecule has 0 radical (unpaired) electrons. The zero-order chi connectivity index (χ0) is 19.2. The number of fused-ring (bicyclic) bond motifs is 1. The normalized spacial score (nSPS) is 10.9. The molecular formula is C21H20BrN3O2. The van der Waals surface area contributed by atoms with Gasteiger partial charge in [0.1, 0.15) is 5.75 Å². The number of ether oxygens (including phenoxy) is 1. The lowest BCUT2D eigenvalue weighted by atomic mass is 10.1. The molecular weight excluding hydrogens is 406 g/mol. The van der Waals surface area contributed by atoms with Gasteiger partial charge in [-0.1, -0.05) is 40.2 Å². The van der Waals surface area contributed by atoms with E-state index in [0.717, 1.165) is 26.5 Å². The van der Waals surface area contributed by atoms with Crippen LogP contribution in [0.2, 0.25) is 0 Å². The number of nitrogens with one attached hydrogen (secondary N) is 1. The number of hydrogen-bond acceptors (Lipinski definition) is 4. The lowest BCUT2D eigenvalue weighted by molar-refractivity contribution is -0.123. The number of carbonyl (C=O) groups is 1. The molecule has 0 aliphatic rings. The van der Waals surface area contributed by atoms with Crippen molar-refractivity contribution >= 4 is 44.5 Å². The molecule has 0 aromatic heterocycles. The van der Waals surface area contributed by atoms with Crippen LogP contribution in [-0.4, -0.2) is 32.8 Å². The second kappa shape index (κ2) is 8.68. The van der Waals surface area contributed by atoms with Crippen LogP contribution in [0.15, 0.2) is 70.2 Å². The number of hydrazone groups is 1. The van der Waals surface area contributed by atoms with Gasteiger partial charge < -0.3 is 9.64 Å². The van der Waals surface area contributed by atoms with Gasteiger partial charge in [-0.25, -0.2) is 5.43 Å². The van der Waals surface area contributed by atoms with Crippen molar-refractivity contribution in [3.05, 3.63) is 70.7 Å². The second-order valence-electron chi connectivity index (χ2n) is 6.22. The number of rotatable bonds is 6. The highest BCUT2D eigenvalue weighted by molar-refractivity contribution is 9.10. The molecule has 0 spiro atoms. The first kappa shape index (κ1) is 18.9. The smallest absolute Gasteiger partial charge is 0.277 e. The summed E-state index contributed by atoms with van der Waals surface area (Å²) in [6.07, 6.45) is 1.60. The van der Waals surface area contributed by atoms with E-state index in [1.807, 2.05) is 79.7 Å². The molecule has 0 bridgehead atoms. The van der Waals surface area contributed by atoms with Gasteiger partial charge in [0.25, 0.3) is 5.91 Å². The van der Waals surface area contributed by atoms with Gasteiger partial charge in [-0.15, -0.1) is 0 Å². The van der Waals surface area contributed by atoms with Crippen LogP contribution >= 0.6 is 15.9 Å². The summed E-state index contributed by atoms with van der Waals surface area (Å²) >= 11 is 3.45. The Morgan fingerprint density at radius 3 is 2.52 bits per heavy atom. The Morgan fingerprint density at radius 1 is 1.07 bits per heavy atom. The highest BCUT2D eigenvalue weighted by atomic mass is 79.9. The summed E-state index contributed by atoms with van der Waals surface area (Å²) in [7, 11) is 3.97. The van der Waals surface area contributed by atoms with Gasteiger partial charge in [0.05, 0.1) is 6.21 Å². The molecule has 3 rings (SSSR count). The fourth-order valence-corrected chi connectivity index (χ4v) is 2.88. The van der Waals surface area contributed by atoms with Gasteiger partial charge >= 0.3 is 0 Å². The first-order valence-electron chi connectivity index (χ1n) is 8.43. The van der Waals surface area contributed by atoms with Gasteiger partial charge in [-0.2, -0.15) is 5.10 Å². The third-order valence-corrected chi connectivity index (χ3v) is 4.45. The lowest BCUT2D eigenvalue weighted by Crippen LogP contribution is -2.24. The van der Waals surface area contributed by atoms with E-state index in [9.17, 15) is 4.79 Å². The van der Waals surface area contributed by atoms with Crippen LogP contribution in [0.25, 0.3) is 10.8 Å². The van der Waals surface area contributed by atoms with E-state index < -0.39 is 0 Å². The van der Waals surface area contributed by atoms with Gasteiger partial charge in [-0.3, -0.25) is 4.79 Å². The predicted octanol–water partition coefficient (Wildman–Crippen LogP) is 4.20. The quantitative estimate of drug-likeness (QED) is 0.475. The molecule has 0 aliphatic heterocycles. The molecule has 6 heteroatoms. The van der Waals surface area contributed by atoms with Gasteiger partial charge in [0, 0.05) is 24.3 Å². The highest BCUT2D eigenvalue weighted by Crippen LogP contribution is 2.24. The van der Waals surface area contributed by atoms with Gasteiger partial charge in [-0.05, 0) is 52.7 Å². The fraction of sp³-hybridized carbons (Fsp3) is 0.143. The minimum atomic E-state index is -0.313. The third-order valence-electron chi connectivity index (χ3n) is 3.96. The molecule has 3 aromatic rings. The average Bonchev–Trinajstić information content (AvgIpc) is 2.66. The van der Waals surface area contributed by atoms with Crippen molar-refractivity contribution in [2.24, 2.45) is 5.10 Å². The van der Waals surface area contributed by atoms with Crippen molar-refractivity contribution in [3.63, 3.8) is 0 Å². The van der Waals surface area contributed by atoms with Crippen LogP contribution in [0.4, 0.5) is 5.69 Å². The standard InChI is InChI=1S/C21H20BrN3O2/c1-25(2)19-8-3-15(4-9-19)13-23-24-21(26)14-27-20-10-6-16-11-18(22)7-5-17(16)12-20/h3-13H,14H2,1-2H3,(H,24,26)/b23-13+. The number of hydrogen-bond donors (Lipinski definition) is 1. The van der Waals surface area contributed by atoms with Crippen LogP contribution in [0.3, 0.4) is 0 Å². The maximum atomic E-state index is 11.9. The Bertz CT molecular complexity index is 969. The zero-order valence-electron chi connectivity index (χ0n) is 15.1. The molecule has 1 N–H and O–H groups in total. The van der Waals surface area contributed by atoms with E-state index in [1.165, 1.54) is 0 Å². The van der Waals surface area contributed by atoms with Crippen LogP contribution in [0.5, 0.6) is 5.75 Å². The number of amides is 1. The number of carbonyl (C=O) groups excluding carboxylic acids is 1. The van der Waals surface area contributed by atoms with Crippen molar-refractivity contribution in [1.82, 2.24) is 5.43 Å². The topological polar surface area (TPSA) is 53.9 Å². The monoisotopic (exact) mass is 425 g/mol. The van der Waals surface area contributed by atoms with Crippen molar-refractivity contribution in [2.75, 3.05) is 25.6 Å². The number of halogens is 1. The number of nitrogens with zero attached hydrogens (tertiary/aromatic N) is 2. The fourth-order valence-electron chi connectivity index (χ4n) is 2.50. The summed E-state index contributed by atoms with van der Waals surface area (Å²) in [4.78, 5) is 13.9. The van der Waals surface area contributed by atoms with Crippen LogP contribution in [0.1, 0.15) is 5.56 Å². The molecule has 0 unspecified atom stereocenters. The molecule has 0 saturated heterocycles. The molecule has 0 aliphatic carbocycles. The van der Waals surface area contributed by atoms with Crippen LogP contribution in [-0.2, 0) is 4.79 Å². The van der Waals surface area contributed by atoms with Crippen molar-refractivity contribution < 1.29 is 9.53 Å². The van der Waals surface area contributed by atoms with E-state index in [2.05, 4.69) is 26.5 Å². The van der Waals surface area contributed by atoms with Crippen molar-refractivity contribution in [1.29, 1.82) is 0 Å². The first-order chi connectivity index (χ1) is 13.0. The van der Waals surface area contributed by atoms with E-state index in [1.54, 1.807) is 6.21 Å². The Balaban J connectivity index is 1.51. The lowest BCUT2D eigenvalue weighted by Gasteiger charge is -2.11. The van der Waals surface area contributed by atoms with Gasteiger partial charge in [0.15, 0.2) is 6.61 Å². The maximum Gasteiger partial charge on any atom is 0.277 e. The summed E-state index contributed by atoms with van der Waals surface area (Å²) in [6, 6.07) is 19.6. The van der Waals surface area contributed by atoms with Gasteiger partial charge in [0.2, 0.25) is 0 Å². The summed E-state index contributed by atoms with van der Waals surface area (Å²) in [5, 5.41) is 6.12. The summed E-state index contributed by atoms with van der Waals surface area (Å²) in [6.45, 7) is -0.0983. The minimum Gasteiger partial charge on any atom is -0.484 e. The van der Waals surface area contributed by atoms with E-state index in [0.29, 0.717) is 5.75 Å². The number of benzene rings is 3. The Hall–Kier alpha value is -2.86. The van der Waals surface area contributed by atoms with E-state index in [4.69, 9.17) is 4.74 Å². The molecule has 0 atom stereocenters. The molecule has 0 fully saturated rings.